The van der Waals surface area contributed by atoms with Crippen LogP contribution in [0.1, 0.15) is 47.7 Å². The molecule has 1 aliphatic heterocycles. The summed E-state index contributed by atoms with van der Waals surface area (Å²) in [6.07, 6.45) is 2.43. The molecule has 0 aliphatic carbocycles. The lowest BCUT2D eigenvalue weighted by Crippen LogP contribution is -2.45. The summed E-state index contributed by atoms with van der Waals surface area (Å²) < 4.78 is 27.9. The van der Waals surface area contributed by atoms with Gasteiger partial charge in [0.05, 0.1) is 10.8 Å². The molecular weight excluding hydrogens is 426 g/mol. The lowest BCUT2D eigenvalue weighted by molar-refractivity contribution is -0.126. The Balaban J connectivity index is 1.66. The zero-order valence-corrected chi connectivity index (χ0v) is 19.7. The van der Waals surface area contributed by atoms with Gasteiger partial charge >= 0.3 is 0 Å². The Morgan fingerprint density at radius 1 is 1.06 bits per heavy atom. The summed E-state index contributed by atoms with van der Waals surface area (Å²) in [5.41, 5.74) is 2.77. The third-order valence-corrected chi connectivity index (χ3v) is 7.18. The number of nitrogens with zero attached hydrogens (tertiary/aromatic N) is 1. The molecule has 0 saturated carbocycles. The van der Waals surface area contributed by atoms with Gasteiger partial charge in [0, 0.05) is 30.9 Å². The van der Waals surface area contributed by atoms with Gasteiger partial charge in [0.15, 0.2) is 0 Å². The summed E-state index contributed by atoms with van der Waals surface area (Å²) in [5, 5.41) is 2.91. The molecule has 0 spiro atoms. The summed E-state index contributed by atoms with van der Waals surface area (Å²) in [6.45, 7) is 7.45. The monoisotopic (exact) mass is 457 g/mol. The molecule has 8 heteroatoms. The number of aryl methyl sites for hydroxylation is 2. The number of rotatable bonds is 7. The van der Waals surface area contributed by atoms with Crippen molar-refractivity contribution in [3.8, 4) is 0 Å². The highest BCUT2D eigenvalue weighted by Crippen LogP contribution is 2.22. The topological polar surface area (TPSA) is 95.6 Å². The number of hydrogen-bond donors (Lipinski definition) is 2. The summed E-state index contributed by atoms with van der Waals surface area (Å²) in [7, 11) is -3.72. The fourth-order valence-electron chi connectivity index (χ4n) is 3.73. The highest BCUT2D eigenvalue weighted by molar-refractivity contribution is 7.92. The highest BCUT2D eigenvalue weighted by Gasteiger charge is 2.28. The average Bonchev–Trinajstić information content (AvgIpc) is 2.79. The van der Waals surface area contributed by atoms with E-state index in [9.17, 15) is 18.0 Å². The van der Waals surface area contributed by atoms with Crippen LogP contribution < -0.4 is 10.0 Å². The number of anilines is 1. The smallest absolute Gasteiger partial charge is 0.261 e. The molecule has 1 unspecified atom stereocenters. The van der Waals surface area contributed by atoms with Crippen LogP contribution in [0.5, 0.6) is 0 Å². The standard InChI is InChI=1S/C24H31N3O4S/c1-4-13-25-23(28)20-6-5-14-27(16-20)24(29)19-8-10-21(11-9-19)26-32(30,31)22-12-7-17(2)18(3)15-22/h7-12,15,20,26H,4-6,13-14,16H2,1-3H3,(H,25,28). The zero-order valence-electron chi connectivity index (χ0n) is 18.8. The average molecular weight is 458 g/mol. The molecule has 2 amide bonds. The number of piperidine rings is 1. The van der Waals surface area contributed by atoms with Gasteiger partial charge < -0.3 is 10.2 Å². The van der Waals surface area contributed by atoms with Crippen molar-refractivity contribution >= 4 is 27.5 Å². The number of carbonyl (C=O) groups is 2. The molecule has 32 heavy (non-hydrogen) atoms. The molecule has 0 radical (unpaired) electrons. The summed E-state index contributed by atoms with van der Waals surface area (Å²) in [5.74, 6) is -0.342. The first-order valence-electron chi connectivity index (χ1n) is 11.0. The number of nitrogens with one attached hydrogen (secondary N) is 2. The van der Waals surface area contributed by atoms with E-state index in [2.05, 4.69) is 10.0 Å². The second-order valence-corrected chi connectivity index (χ2v) is 9.99. The molecule has 3 rings (SSSR count). The minimum absolute atomic E-state index is 0.000414. The number of carbonyl (C=O) groups excluding carboxylic acids is 2. The second-order valence-electron chi connectivity index (χ2n) is 8.31. The van der Waals surface area contributed by atoms with Crippen LogP contribution in [0.25, 0.3) is 0 Å². The van der Waals surface area contributed by atoms with E-state index in [0.29, 0.717) is 30.9 Å². The normalized spacial score (nSPS) is 16.5. The molecule has 0 bridgehead atoms. The zero-order chi connectivity index (χ0) is 23.3. The van der Waals surface area contributed by atoms with Crippen molar-refractivity contribution in [1.29, 1.82) is 0 Å². The Bertz CT molecular complexity index is 1080. The van der Waals surface area contributed by atoms with Crippen LogP contribution >= 0.6 is 0 Å². The van der Waals surface area contributed by atoms with Crippen molar-refractivity contribution in [1.82, 2.24) is 10.2 Å². The van der Waals surface area contributed by atoms with Gasteiger partial charge in [0.1, 0.15) is 0 Å². The summed E-state index contributed by atoms with van der Waals surface area (Å²) in [6, 6.07) is 11.4. The number of benzene rings is 2. The maximum Gasteiger partial charge on any atom is 0.261 e. The Hall–Kier alpha value is -2.87. The van der Waals surface area contributed by atoms with Crippen LogP contribution in [0.3, 0.4) is 0 Å². The van der Waals surface area contributed by atoms with Crippen molar-refractivity contribution in [3.63, 3.8) is 0 Å². The van der Waals surface area contributed by atoms with Crippen LogP contribution in [0.4, 0.5) is 5.69 Å². The van der Waals surface area contributed by atoms with Crippen LogP contribution in [-0.4, -0.2) is 44.8 Å². The van der Waals surface area contributed by atoms with Crippen molar-refractivity contribution in [3.05, 3.63) is 59.2 Å². The maximum absolute atomic E-state index is 12.9. The van der Waals surface area contributed by atoms with Gasteiger partial charge in [-0.25, -0.2) is 8.42 Å². The van der Waals surface area contributed by atoms with E-state index in [1.807, 2.05) is 20.8 Å². The first kappa shape index (κ1) is 23.8. The predicted octanol–water partition coefficient (Wildman–Crippen LogP) is 3.48. The van der Waals surface area contributed by atoms with E-state index < -0.39 is 10.0 Å². The van der Waals surface area contributed by atoms with E-state index in [4.69, 9.17) is 0 Å². The number of amides is 2. The molecule has 1 saturated heterocycles. The van der Waals surface area contributed by atoms with E-state index in [0.717, 1.165) is 30.4 Å². The number of likely N-dealkylation sites (tertiary alicyclic amines) is 1. The van der Waals surface area contributed by atoms with Crippen LogP contribution in [-0.2, 0) is 14.8 Å². The molecule has 1 heterocycles. The van der Waals surface area contributed by atoms with Gasteiger partial charge in [-0.3, -0.25) is 14.3 Å². The molecule has 172 valence electrons. The van der Waals surface area contributed by atoms with Gasteiger partial charge in [0.2, 0.25) is 5.91 Å². The molecule has 1 fully saturated rings. The lowest BCUT2D eigenvalue weighted by atomic mass is 9.96. The molecule has 1 aliphatic rings. The minimum Gasteiger partial charge on any atom is -0.356 e. The van der Waals surface area contributed by atoms with Gasteiger partial charge in [-0.15, -0.1) is 0 Å². The molecule has 1 atom stereocenters. The first-order valence-corrected chi connectivity index (χ1v) is 12.5. The van der Waals surface area contributed by atoms with E-state index >= 15 is 0 Å². The van der Waals surface area contributed by atoms with Crippen molar-refractivity contribution < 1.29 is 18.0 Å². The van der Waals surface area contributed by atoms with Crippen molar-refractivity contribution in [2.24, 2.45) is 5.92 Å². The number of hydrogen-bond acceptors (Lipinski definition) is 4. The third kappa shape index (κ3) is 5.68. The first-order chi connectivity index (χ1) is 15.2. The quantitative estimate of drug-likeness (QED) is 0.665. The van der Waals surface area contributed by atoms with Crippen LogP contribution in [0.2, 0.25) is 0 Å². The molecule has 0 aromatic heterocycles. The van der Waals surface area contributed by atoms with E-state index in [1.54, 1.807) is 47.4 Å². The summed E-state index contributed by atoms with van der Waals surface area (Å²) >= 11 is 0. The molecule has 7 nitrogen and oxygen atoms in total. The third-order valence-electron chi connectivity index (χ3n) is 5.80. The van der Waals surface area contributed by atoms with Gasteiger partial charge in [-0.05, 0) is 80.6 Å². The Morgan fingerprint density at radius 3 is 2.44 bits per heavy atom. The Kier molecular flexibility index (Phi) is 7.56. The van der Waals surface area contributed by atoms with Crippen molar-refractivity contribution in [2.75, 3.05) is 24.4 Å². The minimum atomic E-state index is -3.72. The van der Waals surface area contributed by atoms with Crippen LogP contribution in [0.15, 0.2) is 47.4 Å². The van der Waals surface area contributed by atoms with E-state index in [1.165, 1.54) is 0 Å². The fourth-order valence-corrected chi connectivity index (χ4v) is 4.87. The maximum atomic E-state index is 12.9. The van der Waals surface area contributed by atoms with E-state index in [-0.39, 0.29) is 22.6 Å². The van der Waals surface area contributed by atoms with Gasteiger partial charge in [-0.2, -0.15) is 0 Å². The van der Waals surface area contributed by atoms with Crippen molar-refractivity contribution in [2.45, 2.75) is 44.9 Å². The number of sulfonamides is 1. The fraction of sp³-hybridized carbons (Fsp3) is 0.417. The highest BCUT2D eigenvalue weighted by atomic mass is 32.2. The van der Waals surface area contributed by atoms with Gasteiger partial charge in [0.25, 0.3) is 15.9 Å². The Morgan fingerprint density at radius 2 is 1.78 bits per heavy atom. The van der Waals surface area contributed by atoms with Crippen LogP contribution in [0, 0.1) is 19.8 Å². The SMILES string of the molecule is CCCNC(=O)C1CCCN(C(=O)c2ccc(NS(=O)(=O)c3ccc(C)c(C)c3)cc2)C1. The molecule has 2 N–H and O–H groups in total. The molecule has 2 aromatic carbocycles. The lowest BCUT2D eigenvalue weighted by Gasteiger charge is -2.32. The predicted molar refractivity (Wildman–Crippen MR) is 125 cm³/mol. The molecular formula is C24H31N3O4S. The summed E-state index contributed by atoms with van der Waals surface area (Å²) in [4.78, 5) is 27.1. The van der Waals surface area contributed by atoms with Gasteiger partial charge in [-0.1, -0.05) is 13.0 Å². The largest absolute Gasteiger partial charge is 0.356 e. The second kappa shape index (κ2) is 10.2. The molecule has 2 aromatic rings. The Labute approximate surface area is 190 Å².